The summed E-state index contributed by atoms with van der Waals surface area (Å²) >= 11 is 0. The molecule has 0 bridgehead atoms. The van der Waals surface area contributed by atoms with Gasteiger partial charge in [0.2, 0.25) is 5.91 Å². The van der Waals surface area contributed by atoms with Crippen molar-refractivity contribution in [1.82, 2.24) is 10.3 Å². The van der Waals surface area contributed by atoms with Crippen molar-refractivity contribution >= 4 is 22.4 Å². The lowest BCUT2D eigenvalue weighted by Crippen LogP contribution is -2.28. The van der Waals surface area contributed by atoms with Crippen LogP contribution in [-0.2, 0) is 15.6 Å². The van der Waals surface area contributed by atoms with Crippen LogP contribution in [0.25, 0.3) is 0 Å². The number of hydrogen-bond acceptors (Lipinski definition) is 4. The summed E-state index contributed by atoms with van der Waals surface area (Å²) in [4.78, 5) is 15.1. The molecule has 1 amide bonds. The second-order valence-electron chi connectivity index (χ2n) is 2.84. The summed E-state index contributed by atoms with van der Waals surface area (Å²) in [6.45, 7) is 2.32. The lowest BCUT2D eigenvalue weighted by atomic mass is 10.4. The minimum Gasteiger partial charge on any atom is -0.396 e. The smallest absolute Gasteiger partial charge is 0.233 e. The predicted octanol–water partition coefficient (Wildman–Crippen LogP) is -0.0925. The first-order valence-corrected chi connectivity index (χ1v) is 5.82. The van der Waals surface area contributed by atoms with E-state index in [1.807, 2.05) is 0 Å². The standard InChI is InChI=1S/C9H13N3O2S/c1-2-11-8(13)6-15(14)9-7(10)4-3-5-12-9/h3-5H,2,6,10H2,1H3,(H,11,13). The Kier molecular flexibility index (Phi) is 4.23. The van der Waals surface area contributed by atoms with Crippen LogP contribution in [-0.4, -0.2) is 27.4 Å². The average Bonchev–Trinajstić information content (AvgIpc) is 2.18. The number of aromatic nitrogens is 1. The molecule has 1 aromatic rings. The molecule has 0 saturated carbocycles. The molecule has 1 rings (SSSR count). The molecular formula is C9H13N3O2S. The summed E-state index contributed by atoms with van der Waals surface area (Å²) < 4.78 is 11.7. The van der Waals surface area contributed by atoms with E-state index in [1.54, 1.807) is 19.1 Å². The number of nitrogens with one attached hydrogen (secondary N) is 1. The van der Waals surface area contributed by atoms with E-state index < -0.39 is 10.8 Å². The number of amides is 1. The number of carbonyl (C=O) groups is 1. The molecule has 0 saturated heterocycles. The van der Waals surface area contributed by atoms with Gasteiger partial charge in [-0.2, -0.15) is 0 Å². The Morgan fingerprint density at radius 2 is 2.40 bits per heavy atom. The SMILES string of the molecule is CCNC(=O)CS(=O)c1ncccc1N. The molecule has 0 aliphatic rings. The van der Waals surface area contributed by atoms with Crippen LogP contribution in [0.2, 0.25) is 0 Å². The Balaban J connectivity index is 2.70. The van der Waals surface area contributed by atoms with Crippen molar-refractivity contribution in [2.24, 2.45) is 0 Å². The maximum Gasteiger partial charge on any atom is 0.233 e. The van der Waals surface area contributed by atoms with E-state index in [-0.39, 0.29) is 16.7 Å². The van der Waals surface area contributed by atoms with E-state index in [1.165, 1.54) is 6.20 Å². The second kappa shape index (κ2) is 5.45. The summed E-state index contributed by atoms with van der Waals surface area (Å²) in [5, 5.41) is 2.83. The number of nitrogens with zero attached hydrogens (tertiary/aromatic N) is 1. The predicted molar refractivity (Wildman–Crippen MR) is 58.6 cm³/mol. The van der Waals surface area contributed by atoms with E-state index in [4.69, 9.17) is 5.73 Å². The lowest BCUT2D eigenvalue weighted by Gasteiger charge is -2.04. The first-order valence-electron chi connectivity index (χ1n) is 4.50. The molecule has 0 aliphatic heterocycles. The Morgan fingerprint density at radius 1 is 1.67 bits per heavy atom. The highest BCUT2D eigenvalue weighted by Gasteiger charge is 2.12. The largest absolute Gasteiger partial charge is 0.396 e. The number of nitrogen functional groups attached to an aromatic ring is 1. The Hall–Kier alpha value is -1.43. The molecular weight excluding hydrogens is 214 g/mol. The van der Waals surface area contributed by atoms with Crippen LogP contribution in [0.4, 0.5) is 5.69 Å². The zero-order valence-corrected chi connectivity index (χ0v) is 9.21. The van der Waals surface area contributed by atoms with Crippen LogP contribution >= 0.6 is 0 Å². The molecule has 1 unspecified atom stereocenters. The summed E-state index contributed by atoms with van der Waals surface area (Å²) in [6, 6.07) is 3.26. The van der Waals surface area contributed by atoms with Crippen molar-refractivity contribution in [3.05, 3.63) is 18.3 Å². The zero-order chi connectivity index (χ0) is 11.3. The average molecular weight is 227 g/mol. The van der Waals surface area contributed by atoms with E-state index in [2.05, 4.69) is 10.3 Å². The molecule has 15 heavy (non-hydrogen) atoms. The van der Waals surface area contributed by atoms with E-state index in [9.17, 15) is 9.00 Å². The van der Waals surface area contributed by atoms with Gasteiger partial charge in [0.15, 0.2) is 5.03 Å². The molecule has 6 heteroatoms. The molecule has 1 atom stereocenters. The van der Waals surface area contributed by atoms with Crippen LogP contribution in [0.5, 0.6) is 0 Å². The Bertz CT molecular complexity index is 381. The maximum atomic E-state index is 11.7. The third kappa shape index (κ3) is 3.32. The summed E-state index contributed by atoms with van der Waals surface area (Å²) in [7, 11) is -1.47. The second-order valence-corrected chi connectivity index (χ2v) is 4.21. The third-order valence-electron chi connectivity index (χ3n) is 1.65. The molecule has 0 aliphatic carbocycles. The van der Waals surface area contributed by atoms with Gasteiger partial charge >= 0.3 is 0 Å². The molecule has 5 nitrogen and oxygen atoms in total. The molecule has 82 valence electrons. The topological polar surface area (TPSA) is 85.1 Å². The van der Waals surface area contributed by atoms with Crippen LogP contribution in [0.3, 0.4) is 0 Å². The van der Waals surface area contributed by atoms with Gasteiger partial charge in [0.25, 0.3) is 0 Å². The van der Waals surface area contributed by atoms with E-state index >= 15 is 0 Å². The number of pyridine rings is 1. The molecule has 0 radical (unpaired) electrons. The minimum atomic E-state index is -1.47. The van der Waals surface area contributed by atoms with Gasteiger partial charge in [-0.3, -0.25) is 9.00 Å². The zero-order valence-electron chi connectivity index (χ0n) is 8.40. The van der Waals surface area contributed by atoms with E-state index in [0.29, 0.717) is 12.2 Å². The Labute approximate surface area is 90.5 Å². The fraction of sp³-hybridized carbons (Fsp3) is 0.333. The van der Waals surface area contributed by atoms with Crippen molar-refractivity contribution < 1.29 is 9.00 Å². The highest BCUT2D eigenvalue weighted by molar-refractivity contribution is 7.85. The van der Waals surface area contributed by atoms with Gasteiger partial charge in [-0.05, 0) is 19.1 Å². The molecule has 3 N–H and O–H groups in total. The van der Waals surface area contributed by atoms with Crippen LogP contribution < -0.4 is 11.1 Å². The Morgan fingerprint density at radius 3 is 3.00 bits per heavy atom. The molecule has 1 heterocycles. The summed E-state index contributed by atoms with van der Waals surface area (Å²) in [6.07, 6.45) is 1.50. The number of nitrogens with two attached hydrogens (primary N) is 1. The molecule has 0 aromatic carbocycles. The van der Waals surface area contributed by atoms with Crippen molar-refractivity contribution in [1.29, 1.82) is 0 Å². The van der Waals surface area contributed by atoms with Crippen LogP contribution in [0, 0.1) is 0 Å². The van der Waals surface area contributed by atoms with Crippen molar-refractivity contribution in [3.8, 4) is 0 Å². The normalized spacial score (nSPS) is 12.1. The van der Waals surface area contributed by atoms with Gasteiger partial charge in [0, 0.05) is 12.7 Å². The molecule has 0 spiro atoms. The highest BCUT2D eigenvalue weighted by Crippen LogP contribution is 2.11. The molecule has 1 aromatic heterocycles. The first kappa shape index (κ1) is 11.6. The van der Waals surface area contributed by atoms with Gasteiger partial charge in [0.1, 0.15) is 5.75 Å². The summed E-state index contributed by atoms with van der Waals surface area (Å²) in [5.74, 6) is -0.365. The number of anilines is 1. The van der Waals surface area contributed by atoms with E-state index in [0.717, 1.165) is 0 Å². The van der Waals surface area contributed by atoms with Crippen molar-refractivity contribution in [3.63, 3.8) is 0 Å². The fourth-order valence-corrected chi connectivity index (χ4v) is 2.02. The van der Waals surface area contributed by atoms with Gasteiger partial charge in [-0.25, -0.2) is 4.98 Å². The maximum absolute atomic E-state index is 11.7. The van der Waals surface area contributed by atoms with Crippen molar-refractivity contribution in [2.75, 3.05) is 18.0 Å². The highest BCUT2D eigenvalue weighted by atomic mass is 32.2. The van der Waals surface area contributed by atoms with Crippen LogP contribution in [0.15, 0.2) is 23.4 Å². The van der Waals surface area contributed by atoms with Crippen molar-refractivity contribution in [2.45, 2.75) is 11.9 Å². The quantitative estimate of drug-likeness (QED) is 0.752. The van der Waals surface area contributed by atoms with Gasteiger partial charge in [-0.15, -0.1) is 0 Å². The lowest BCUT2D eigenvalue weighted by molar-refractivity contribution is -0.118. The molecule has 0 fully saturated rings. The number of rotatable bonds is 4. The number of hydrogen-bond donors (Lipinski definition) is 2. The minimum absolute atomic E-state index is 0.102. The van der Waals surface area contributed by atoms with Gasteiger partial charge < -0.3 is 11.1 Å². The summed E-state index contributed by atoms with van der Waals surface area (Å²) in [5.41, 5.74) is 5.93. The first-order chi connectivity index (χ1) is 7.15. The van der Waals surface area contributed by atoms with Gasteiger partial charge in [0.05, 0.1) is 16.5 Å². The number of carbonyl (C=O) groups excluding carboxylic acids is 1. The van der Waals surface area contributed by atoms with Gasteiger partial charge in [-0.1, -0.05) is 0 Å². The monoisotopic (exact) mass is 227 g/mol. The fourth-order valence-electron chi connectivity index (χ4n) is 1.03. The third-order valence-corrected chi connectivity index (χ3v) is 2.95. The van der Waals surface area contributed by atoms with Crippen LogP contribution in [0.1, 0.15) is 6.92 Å².